The van der Waals surface area contributed by atoms with Gasteiger partial charge in [-0.25, -0.2) is 4.79 Å². The maximum atomic E-state index is 10.4. The van der Waals surface area contributed by atoms with E-state index in [0.29, 0.717) is 0 Å². The van der Waals surface area contributed by atoms with Crippen LogP contribution in [-0.2, 0) is 16.6 Å². The van der Waals surface area contributed by atoms with E-state index in [9.17, 15) is 4.79 Å². The molecule has 1 rings (SSSR count). The van der Waals surface area contributed by atoms with Crippen LogP contribution in [0.5, 0.6) is 5.75 Å². The van der Waals surface area contributed by atoms with Crippen LogP contribution in [0.25, 0.3) is 0 Å². The lowest BCUT2D eigenvalue weighted by Crippen LogP contribution is -2.13. The summed E-state index contributed by atoms with van der Waals surface area (Å²) in [6, 6.07) is 6.16. The second kappa shape index (κ2) is 6.41. The van der Waals surface area contributed by atoms with E-state index in [1.807, 2.05) is 12.1 Å². The van der Waals surface area contributed by atoms with Gasteiger partial charge in [-0.1, -0.05) is 39.0 Å². The maximum Gasteiger partial charge on any atom is 0.327 e. The highest BCUT2D eigenvalue weighted by Gasteiger charge is 2.18. The van der Waals surface area contributed by atoms with Crippen LogP contribution in [0.1, 0.15) is 38.3 Å². The zero-order valence-corrected chi connectivity index (χ0v) is 12.1. The number of hydrogen-bond donors (Lipinski definition) is 1. The molecule has 0 unspecified atom stereocenters. The molecule has 3 heteroatoms. The molecule has 0 bridgehead atoms. The molecule has 0 heterocycles. The number of benzene rings is 1. The van der Waals surface area contributed by atoms with Gasteiger partial charge in [-0.2, -0.15) is 0 Å². The second-order valence-electron chi connectivity index (χ2n) is 5.56. The van der Waals surface area contributed by atoms with Crippen molar-refractivity contribution in [3.8, 4) is 5.75 Å². The molecule has 0 radical (unpaired) electrons. The van der Waals surface area contributed by atoms with Gasteiger partial charge in [0.15, 0.2) is 0 Å². The molecule has 1 N–H and O–H groups in total. The zero-order valence-electron chi connectivity index (χ0n) is 12.1. The Morgan fingerprint density at radius 3 is 2.58 bits per heavy atom. The lowest BCUT2D eigenvalue weighted by Gasteiger charge is -2.22. The van der Waals surface area contributed by atoms with Crippen LogP contribution < -0.4 is 4.74 Å². The van der Waals surface area contributed by atoms with Gasteiger partial charge in [0.25, 0.3) is 0 Å². The van der Waals surface area contributed by atoms with Crippen LogP contribution >= 0.6 is 0 Å². The average molecular weight is 262 g/mol. The highest BCUT2D eigenvalue weighted by molar-refractivity contribution is 5.79. The fraction of sp³-hybridized carbons (Fsp3) is 0.438. The molecule has 0 fully saturated rings. The molecule has 0 aliphatic carbocycles. The summed E-state index contributed by atoms with van der Waals surface area (Å²) in [7, 11) is 1.68. The van der Waals surface area contributed by atoms with Crippen molar-refractivity contribution >= 4 is 5.97 Å². The molecule has 3 nitrogen and oxygen atoms in total. The van der Waals surface area contributed by atoms with E-state index in [2.05, 4.69) is 26.8 Å². The van der Waals surface area contributed by atoms with E-state index in [-0.39, 0.29) is 5.41 Å². The third-order valence-electron chi connectivity index (χ3n) is 2.93. The molecule has 0 amide bonds. The number of methoxy groups -OCH3 is 1. The first-order valence-corrected chi connectivity index (χ1v) is 6.41. The van der Waals surface area contributed by atoms with Crippen LogP contribution in [0.3, 0.4) is 0 Å². The van der Waals surface area contributed by atoms with Gasteiger partial charge < -0.3 is 9.84 Å². The summed E-state index contributed by atoms with van der Waals surface area (Å²) >= 11 is 0. The summed E-state index contributed by atoms with van der Waals surface area (Å²) in [4.78, 5) is 10.4. The second-order valence-corrected chi connectivity index (χ2v) is 5.56. The van der Waals surface area contributed by atoms with E-state index in [4.69, 9.17) is 9.84 Å². The van der Waals surface area contributed by atoms with Crippen molar-refractivity contribution in [1.29, 1.82) is 0 Å². The first-order chi connectivity index (χ1) is 8.84. The normalized spacial score (nSPS) is 11.8. The number of rotatable bonds is 5. The summed E-state index contributed by atoms with van der Waals surface area (Å²) in [6.07, 6.45) is 4.43. The Hall–Kier alpha value is -1.77. The van der Waals surface area contributed by atoms with Crippen LogP contribution in [0.4, 0.5) is 0 Å². The first-order valence-electron chi connectivity index (χ1n) is 6.41. The number of carboxylic acid groups (broad SMARTS) is 1. The van der Waals surface area contributed by atoms with Crippen molar-refractivity contribution in [2.24, 2.45) is 0 Å². The quantitative estimate of drug-likeness (QED) is 0.825. The minimum atomic E-state index is -0.898. The fourth-order valence-electron chi connectivity index (χ4n) is 1.93. The largest absolute Gasteiger partial charge is 0.496 e. The van der Waals surface area contributed by atoms with Crippen molar-refractivity contribution in [2.45, 2.75) is 39.0 Å². The Bertz CT molecular complexity index is 467. The molecule has 0 saturated carbocycles. The summed E-state index contributed by atoms with van der Waals surface area (Å²) in [6.45, 7) is 6.46. The molecule has 19 heavy (non-hydrogen) atoms. The molecular weight excluding hydrogens is 240 g/mol. The zero-order chi connectivity index (χ0) is 14.5. The first kappa shape index (κ1) is 15.3. The van der Waals surface area contributed by atoms with Crippen LogP contribution in [0.15, 0.2) is 30.4 Å². The number of allylic oxidation sites excluding steroid dienone is 1. The van der Waals surface area contributed by atoms with Crippen molar-refractivity contribution in [3.63, 3.8) is 0 Å². The van der Waals surface area contributed by atoms with Gasteiger partial charge in [0.05, 0.1) is 7.11 Å². The highest BCUT2D eigenvalue weighted by Crippen LogP contribution is 2.32. The van der Waals surface area contributed by atoms with Gasteiger partial charge in [-0.05, 0) is 35.4 Å². The molecule has 104 valence electrons. The molecule has 1 aromatic rings. The van der Waals surface area contributed by atoms with Crippen molar-refractivity contribution in [1.82, 2.24) is 0 Å². The van der Waals surface area contributed by atoms with Crippen molar-refractivity contribution < 1.29 is 14.6 Å². The van der Waals surface area contributed by atoms with Crippen molar-refractivity contribution in [3.05, 3.63) is 41.5 Å². The third kappa shape index (κ3) is 4.78. The lowest BCUT2D eigenvalue weighted by molar-refractivity contribution is -0.131. The predicted molar refractivity (Wildman–Crippen MR) is 76.8 cm³/mol. The maximum absolute atomic E-state index is 10.4. The number of carbonyl (C=O) groups is 1. The van der Waals surface area contributed by atoms with Crippen molar-refractivity contribution in [2.75, 3.05) is 7.11 Å². The third-order valence-corrected chi connectivity index (χ3v) is 2.93. The van der Waals surface area contributed by atoms with Crippen LogP contribution in [0, 0.1) is 0 Å². The molecule has 0 aliphatic heterocycles. The summed E-state index contributed by atoms with van der Waals surface area (Å²) < 4.78 is 5.39. The molecule has 0 spiro atoms. The molecule has 0 aliphatic rings. The Balaban J connectivity index is 2.84. The van der Waals surface area contributed by atoms with Crippen LogP contribution in [-0.4, -0.2) is 18.2 Å². The van der Waals surface area contributed by atoms with Gasteiger partial charge in [0.2, 0.25) is 0 Å². The summed E-state index contributed by atoms with van der Waals surface area (Å²) in [5, 5.41) is 8.53. The Morgan fingerprint density at radius 1 is 1.37 bits per heavy atom. The van der Waals surface area contributed by atoms with E-state index in [1.54, 1.807) is 13.2 Å². The van der Waals surface area contributed by atoms with Gasteiger partial charge in [-0.15, -0.1) is 0 Å². The molecule has 1 aromatic carbocycles. The van der Waals surface area contributed by atoms with Gasteiger partial charge in [0.1, 0.15) is 5.75 Å². The lowest BCUT2D eigenvalue weighted by atomic mass is 9.85. The number of aliphatic carboxylic acids is 1. The number of aryl methyl sites for hydroxylation is 1. The van der Waals surface area contributed by atoms with Gasteiger partial charge >= 0.3 is 5.97 Å². The Labute approximate surface area is 114 Å². The number of carboxylic acids is 1. The van der Waals surface area contributed by atoms with E-state index in [0.717, 1.165) is 18.6 Å². The average Bonchev–Trinajstić information content (AvgIpc) is 2.33. The Kier molecular flexibility index (Phi) is 5.16. The fourth-order valence-corrected chi connectivity index (χ4v) is 1.93. The van der Waals surface area contributed by atoms with E-state index >= 15 is 0 Å². The molecular formula is C16H22O3. The summed E-state index contributed by atoms with van der Waals surface area (Å²) in [5.74, 6) is 0.00226. The number of hydrogen-bond acceptors (Lipinski definition) is 2. The topological polar surface area (TPSA) is 46.5 Å². The molecule has 0 saturated heterocycles. The van der Waals surface area contributed by atoms with Crippen LogP contribution in [0.2, 0.25) is 0 Å². The minimum Gasteiger partial charge on any atom is -0.496 e. The number of ether oxygens (including phenoxy) is 1. The Morgan fingerprint density at radius 2 is 2.05 bits per heavy atom. The standard InChI is InChI=1S/C16H22O3/c1-16(2,3)13-11-12(9-10-14(13)19-4)7-5-6-8-15(17)18/h6,8-11H,5,7H2,1-4H3,(H,17,18)/b8-6+. The predicted octanol–water partition coefficient (Wildman–Crippen LogP) is 3.57. The van der Waals surface area contributed by atoms with E-state index < -0.39 is 5.97 Å². The van der Waals surface area contributed by atoms with E-state index in [1.165, 1.54) is 17.2 Å². The summed E-state index contributed by atoms with van der Waals surface area (Å²) in [5.41, 5.74) is 2.40. The van der Waals surface area contributed by atoms with Gasteiger partial charge in [-0.3, -0.25) is 0 Å². The minimum absolute atomic E-state index is 0.0260. The molecule has 0 atom stereocenters. The molecule has 0 aromatic heterocycles. The SMILES string of the molecule is COc1ccc(CC/C=C/C(=O)O)cc1C(C)(C)C. The smallest absolute Gasteiger partial charge is 0.327 e. The highest BCUT2D eigenvalue weighted by atomic mass is 16.5. The monoisotopic (exact) mass is 262 g/mol. The van der Waals surface area contributed by atoms with Gasteiger partial charge in [0, 0.05) is 6.08 Å².